The Morgan fingerprint density at radius 1 is 1.62 bits per heavy atom. The van der Waals surface area contributed by atoms with Gasteiger partial charge in [-0.05, 0) is 9.91 Å². The third-order valence-electron chi connectivity index (χ3n) is 1.78. The molecule has 0 aromatic carbocycles. The molecular formula is C7H11N3O5S. The number of hydrogen-bond donors (Lipinski definition) is 0. The van der Waals surface area contributed by atoms with E-state index >= 15 is 0 Å². The Kier molecular flexibility index (Phi) is 3.60. The molecule has 1 aromatic rings. The van der Waals surface area contributed by atoms with Crippen molar-refractivity contribution in [3.8, 4) is 0 Å². The maximum atomic E-state index is 10.7. The van der Waals surface area contributed by atoms with Gasteiger partial charge >= 0.3 is 5.82 Å². The smallest absolute Gasteiger partial charge is 0.358 e. The highest BCUT2D eigenvalue weighted by Gasteiger charge is 2.15. The third kappa shape index (κ3) is 3.59. The first-order valence-electron chi connectivity index (χ1n) is 4.32. The number of hydrogen-bond acceptors (Lipinski definition) is 6. The Labute approximate surface area is 92.1 Å². The fourth-order valence-electron chi connectivity index (χ4n) is 1.09. The zero-order valence-corrected chi connectivity index (χ0v) is 9.60. The van der Waals surface area contributed by atoms with Crippen LogP contribution in [0.5, 0.6) is 0 Å². The summed E-state index contributed by atoms with van der Waals surface area (Å²) in [5, 5.41) is 10.4. The zero-order valence-electron chi connectivity index (χ0n) is 8.78. The quantitative estimate of drug-likeness (QED) is 0.415. The molecule has 0 N–H and O–H groups in total. The fourth-order valence-corrected chi connectivity index (χ4v) is 1.47. The predicted octanol–water partition coefficient (Wildman–Crippen LogP) is 0.0759. The largest absolute Gasteiger partial charge is 0.381 e. The van der Waals surface area contributed by atoms with Crippen LogP contribution in [-0.4, -0.2) is 35.8 Å². The van der Waals surface area contributed by atoms with Crippen molar-refractivity contribution in [3.63, 3.8) is 0 Å². The Morgan fingerprint density at radius 2 is 2.25 bits per heavy atom. The molecule has 0 fully saturated rings. The number of nitrogens with zero attached hydrogens (tertiary/aromatic N) is 3. The standard InChI is InChI=1S/C7H11N3O5S/c1-6-8-7(10(11)12)5-9(6)3-4-15-16(2,13)14/h5H,3-4H2,1-2H3. The molecule has 0 atom stereocenters. The molecule has 16 heavy (non-hydrogen) atoms. The van der Waals surface area contributed by atoms with Gasteiger partial charge in [-0.2, -0.15) is 8.42 Å². The first-order valence-corrected chi connectivity index (χ1v) is 6.14. The fraction of sp³-hybridized carbons (Fsp3) is 0.571. The van der Waals surface area contributed by atoms with Gasteiger partial charge < -0.3 is 14.7 Å². The number of imidazole rings is 1. The van der Waals surface area contributed by atoms with Gasteiger partial charge in [0.2, 0.25) is 5.82 Å². The van der Waals surface area contributed by atoms with Gasteiger partial charge in [0, 0.05) is 6.92 Å². The molecule has 8 nitrogen and oxygen atoms in total. The topological polar surface area (TPSA) is 104 Å². The summed E-state index contributed by atoms with van der Waals surface area (Å²) >= 11 is 0. The van der Waals surface area contributed by atoms with Crippen molar-refractivity contribution in [2.45, 2.75) is 13.5 Å². The van der Waals surface area contributed by atoms with Crippen LogP contribution in [-0.2, 0) is 20.8 Å². The number of aryl methyl sites for hydroxylation is 1. The molecule has 0 aliphatic carbocycles. The van der Waals surface area contributed by atoms with Crippen LogP contribution >= 0.6 is 0 Å². The predicted molar refractivity (Wildman–Crippen MR) is 54.4 cm³/mol. The van der Waals surface area contributed by atoms with Gasteiger partial charge in [0.05, 0.1) is 19.4 Å². The average Bonchev–Trinajstić information content (AvgIpc) is 2.46. The second-order valence-corrected chi connectivity index (χ2v) is 4.77. The monoisotopic (exact) mass is 249 g/mol. The van der Waals surface area contributed by atoms with Crippen LogP contribution in [0.3, 0.4) is 0 Å². The zero-order chi connectivity index (χ0) is 12.3. The van der Waals surface area contributed by atoms with Crippen molar-refractivity contribution in [2.75, 3.05) is 12.9 Å². The van der Waals surface area contributed by atoms with Crippen LogP contribution in [0.4, 0.5) is 5.82 Å². The Morgan fingerprint density at radius 3 is 2.69 bits per heavy atom. The lowest BCUT2D eigenvalue weighted by atomic mass is 10.6. The van der Waals surface area contributed by atoms with Gasteiger partial charge in [0.25, 0.3) is 10.1 Å². The van der Waals surface area contributed by atoms with Crippen LogP contribution in [0.2, 0.25) is 0 Å². The SMILES string of the molecule is Cc1nc([N+](=O)[O-])cn1CCOS(C)(=O)=O. The second-order valence-electron chi connectivity index (χ2n) is 3.12. The molecule has 0 aliphatic heterocycles. The first-order chi connectivity index (χ1) is 7.29. The van der Waals surface area contributed by atoms with E-state index in [0.717, 1.165) is 6.26 Å². The van der Waals surface area contributed by atoms with E-state index in [0.29, 0.717) is 5.82 Å². The molecule has 0 spiro atoms. The van der Waals surface area contributed by atoms with E-state index in [1.165, 1.54) is 10.8 Å². The minimum absolute atomic E-state index is 0.0762. The third-order valence-corrected chi connectivity index (χ3v) is 2.37. The number of nitro groups is 1. The molecule has 0 unspecified atom stereocenters. The lowest BCUT2D eigenvalue weighted by Gasteiger charge is -2.01. The van der Waals surface area contributed by atoms with Gasteiger partial charge in [-0.25, -0.2) is 0 Å². The second kappa shape index (κ2) is 4.58. The molecule has 0 bridgehead atoms. The van der Waals surface area contributed by atoms with Crippen molar-refractivity contribution in [1.82, 2.24) is 9.55 Å². The molecule has 1 rings (SSSR count). The number of rotatable bonds is 5. The van der Waals surface area contributed by atoms with Crippen LogP contribution in [0.25, 0.3) is 0 Å². The molecule has 90 valence electrons. The van der Waals surface area contributed by atoms with Crippen molar-refractivity contribution in [1.29, 1.82) is 0 Å². The Bertz CT molecular complexity index is 492. The Hall–Kier alpha value is -1.48. The summed E-state index contributed by atoms with van der Waals surface area (Å²) in [5.41, 5.74) is 0. The van der Waals surface area contributed by atoms with Gasteiger partial charge in [0.15, 0.2) is 0 Å². The molecule has 9 heteroatoms. The normalized spacial score (nSPS) is 11.6. The molecule has 0 aliphatic rings. The van der Waals surface area contributed by atoms with E-state index in [-0.39, 0.29) is 19.0 Å². The summed E-state index contributed by atoms with van der Waals surface area (Å²) in [6.07, 6.45) is 2.18. The summed E-state index contributed by atoms with van der Waals surface area (Å²) in [6.45, 7) is 1.71. The molecular weight excluding hydrogens is 238 g/mol. The minimum atomic E-state index is -3.48. The van der Waals surface area contributed by atoms with E-state index in [1.54, 1.807) is 6.92 Å². The molecule has 1 heterocycles. The van der Waals surface area contributed by atoms with Crippen LogP contribution < -0.4 is 0 Å². The van der Waals surface area contributed by atoms with Crippen LogP contribution in [0.15, 0.2) is 6.20 Å². The van der Waals surface area contributed by atoms with Crippen molar-refractivity contribution in [3.05, 3.63) is 22.1 Å². The van der Waals surface area contributed by atoms with Crippen molar-refractivity contribution >= 4 is 15.9 Å². The summed E-state index contributed by atoms with van der Waals surface area (Å²) in [7, 11) is -3.48. The molecule has 0 saturated carbocycles. The van der Waals surface area contributed by atoms with E-state index in [2.05, 4.69) is 9.17 Å². The van der Waals surface area contributed by atoms with Crippen molar-refractivity contribution in [2.24, 2.45) is 0 Å². The van der Waals surface area contributed by atoms with E-state index < -0.39 is 15.0 Å². The Balaban J connectivity index is 2.64. The summed E-state index contributed by atoms with van der Waals surface area (Å²) in [6, 6.07) is 0. The average molecular weight is 249 g/mol. The lowest BCUT2D eigenvalue weighted by Crippen LogP contribution is -2.10. The summed E-state index contributed by atoms with van der Waals surface area (Å²) < 4.78 is 27.3. The van der Waals surface area contributed by atoms with Gasteiger partial charge in [-0.1, -0.05) is 0 Å². The summed E-state index contributed by atoms with van der Waals surface area (Å²) in [5.74, 6) is 0.167. The van der Waals surface area contributed by atoms with Gasteiger partial charge in [-0.15, -0.1) is 0 Å². The lowest BCUT2D eigenvalue weighted by molar-refractivity contribution is -0.389. The first kappa shape index (κ1) is 12.6. The summed E-state index contributed by atoms with van der Waals surface area (Å²) in [4.78, 5) is 13.5. The molecule has 0 amide bonds. The van der Waals surface area contributed by atoms with Crippen molar-refractivity contribution < 1.29 is 17.5 Å². The highest BCUT2D eigenvalue weighted by Crippen LogP contribution is 2.09. The van der Waals surface area contributed by atoms with E-state index in [1.807, 2.05) is 0 Å². The maximum Gasteiger partial charge on any atom is 0.381 e. The number of aromatic nitrogens is 2. The van der Waals surface area contributed by atoms with E-state index in [9.17, 15) is 18.5 Å². The molecule has 1 aromatic heterocycles. The van der Waals surface area contributed by atoms with E-state index in [4.69, 9.17) is 0 Å². The highest BCUT2D eigenvalue weighted by atomic mass is 32.2. The molecule has 0 saturated heterocycles. The minimum Gasteiger partial charge on any atom is -0.358 e. The maximum absolute atomic E-state index is 10.7. The molecule has 0 radical (unpaired) electrons. The van der Waals surface area contributed by atoms with Crippen LogP contribution in [0, 0.1) is 17.0 Å². The van der Waals surface area contributed by atoms with Gasteiger partial charge in [-0.3, -0.25) is 4.18 Å². The highest BCUT2D eigenvalue weighted by molar-refractivity contribution is 7.85. The van der Waals surface area contributed by atoms with Crippen LogP contribution in [0.1, 0.15) is 5.82 Å². The van der Waals surface area contributed by atoms with Gasteiger partial charge in [0.1, 0.15) is 6.20 Å².